The topological polar surface area (TPSA) is 42.2 Å². The van der Waals surface area contributed by atoms with Crippen molar-refractivity contribution in [3.05, 3.63) is 22.6 Å². The summed E-state index contributed by atoms with van der Waals surface area (Å²) in [5, 5.41) is 2.97. The molecule has 0 spiro atoms. The third-order valence-electron chi connectivity index (χ3n) is 3.43. The number of hydrogen-bond acceptors (Lipinski definition) is 2. The van der Waals surface area contributed by atoms with Crippen molar-refractivity contribution in [2.75, 3.05) is 6.54 Å². The molecular formula is C12H16BrNO2. The average molecular weight is 286 g/mol. The van der Waals surface area contributed by atoms with E-state index in [1.807, 2.05) is 0 Å². The minimum absolute atomic E-state index is 0.0558. The summed E-state index contributed by atoms with van der Waals surface area (Å²) < 4.78 is 5.54. The molecule has 1 amide bonds. The summed E-state index contributed by atoms with van der Waals surface area (Å²) in [7, 11) is 0. The Morgan fingerprint density at radius 1 is 1.62 bits per heavy atom. The van der Waals surface area contributed by atoms with Gasteiger partial charge in [-0.1, -0.05) is 19.8 Å². The molecular weight excluding hydrogens is 270 g/mol. The zero-order chi connectivity index (χ0) is 11.5. The van der Waals surface area contributed by atoms with Gasteiger partial charge in [-0.2, -0.15) is 0 Å². The maximum atomic E-state index is 11.8. The molecule has 1 fully saturated rings. The van der Waals surface area contributed by atoms with E-state index in [-0.39, 0.29) is 5.91 Å². The molecule has 16 heavy (non-hydrogen) atoms. The Balaban J connectivity index is 1.86. The maximum Gasteiger partial charge on any atom is 0.255 e. The molecule has 2 unspecified atom stereocenters. The van der Waals surface area contributed by atoms with Gasteiger partial charge in [-0.15, -0.1) is 0 Å². The fourth-order valence-corrected chi connectivity index (χ4v) is 2.72. The van der Waals surface area contributed by atoms with Crippen LogP contribution in [0.15, 0.2) is 21.4 Å². The monoisotopic (exact) mass is 285 g/mol. The molecule has 0 bridgehead atoms. The van der Waals surface area contributed by atoms with Gasteiger partial charge < -0.3 is 9.73 Å². The first kappa shape index (κ1) is 11.7. The van der Waals surface area contributed by atoms with Gasteiger partial charge in [0.05, 0.1) is 11.8 Å². The van der Waals surface area contributed by atoms with Gasteiger partial charge in [0.2, 0.25) is 0 Å². The van der Waals surface area contributed by atoms with Gasteiger partial charge in [0.1, 0.15) is 0 Å². The van der Waals surface area contributed by atoms with E-state index in [1.54, 1.807) is 6.07 Å². The molecule has 0 saturated heterocycles. The van der Waals surface area contributed by atoms with Gasteiger partial charge in [0, 0.05) is 6.54 Å². The first-order valence-corrected chi connectivity index (χ1v) is 6.49. The lowest BCUT2D eigenvalue weighted by Crippen LogP contribution is -2.30. The van der Waals surface area contributed by atoms with E-state index >= 15 is 0 Å². The third-order valence-corrected chi connectivity index (χ3v) is 4.04. The van der Waals surface area contributed by atoms with Crippen molar-refractivity contribution in [2.24, 2.45) is 11.8 Å². The highest BCUT2D eigenvalue weighted by molar-refractivity contribution is 9.10. The molecule has 3 nitrogen and oxygen atoms in total. The van der Waals surface area contributed by atoms with Gasteiger partial charge in [-0.25, -0.2) is 0 Å². The van der Waals surface area contributed by atoms with Crippen molar-refractivity contribution in [1.29, 1.82) is 0 Å². The summed E-state index contributed by atoms with van der Waals surface area (Å²) in [6.07, 6.45) is 5.32. The summed E-state index contributed by atoms with van der Waals surface area (Å²) in [6, 6.07) is 1.68. The van der Waals surface area contributed by atoms with Crippen LogP contribution in [0.2, 0.25) is 0 Å². The lowest BCUT2D eigenvalue weighted by molar-refractivity contribution is 0.0943. The Morgan fingerprint density at radius 3 is 3.00 bits per heavy atom. The van der Waals surface area contributed by atoms with Crippen molar-refractivity contribution in [1.82, 2.24) is 5.32 Å². The Hall–Kier alpha value is -0.770. The Kier molecular flexibility index (Phi) is 3.69. The van der Waals surface area contributed by atoms with E-state index < -0.39 is 0 Å². The molecule has 4 heteroatoms. The minimum atomic E-state index is -0.0558. The summed E-state index contributed by atoms with van der Waals surface area (Å²) in [5.74, 6) is 1.31. The maximum absolute atomic E-state index is 11.8. The Bertz CT molecular complexity index is 375. The largest absolute Gasteiger partial charge is 0.457 e. The zero-order valence-corrected chi connectivity index (χ0v) is 10.9. The van der Waals surface area contributed by atoms with Crippen LogP contribution in [0.25, 0.3) is 0 Å². The first-order valence-electron chi connectivity index (χ1n) is 5.69. The highest BCUT2D eigenvalue weighted by Gasteiger charge is 2.24. The minimum Gasteiger partial charge on any atom is -0.457 e. The summed E-state index contributed by atoms with van der Waals surface area (Å²) >= 11 is 3.20. The average Bonchev–Trinajstić information content (AvgIpc) is 2.84. The van der Waals surface area contributed by atoms with Crippen LogP contribution in [0.1, 0.15) is 36.5 Å². The summed E-state index contributed by atoms with van der Waals surface area (Å²) in [6.45, 7) is 3.04. The van der Waals surface area contributed by atoms with Gasteiger partial charge in [0.25, 0.3) is 5.91 Å². The molecule has 1 saturated carbocycles. The Morgan fingerprint density at radius 2 is 2.44 bits per heavy atom. The molecule has 1 aliphatic rings. The molecule has 1 N–H and O–H groups in total. The Labute approximate surface area is 104 Å². The molecule has 0 radical (unpaired) electrons. The molecule has 1 aromatic heterocycles. The van der Waals surface area contributed by atoms with E-state index in [2.05, 4.69) is 28.2 Å². The summed E-state index contributed by atoms with van der Waals surface area (Å²) in [5.41, 5.74) is 0.575. The second kappa shape index (κ2) is 5.04. The highest BCUT2D eigenvalue weighted by Crippen LogP contribution is 2.30. The van der Waals surface area contributed by atoms with E-state index in [1.165, 1.54) is 25.5 Å². The van der Waals surface area contributed by atoms with Gasteiger partial charge in [-0.3, -0.25) is 4.79 Å². The molecule has 0 aliphatic heterocycles. The molecule has 1 aliphatic carbocycles. The highest BCUT2D eigenvalue weighted by atomic mass is 79.9. The van der Waals surface area contributed by atoms with Crippen LogP contribution >= 0.6 is 15.9 Å². The number of hydrogen-bond donors (Lipinski definition) is 1. The van der Waals surface area contributed by atoms with Crippen molar-refractivity contribution < 1.29 is 9.21 Å². The molecule has 1 heterocycles. The lowest BCUT2D eigenvalue weighted by atomic mass is 9.98. The molecule has 2 atom stereocenters. The standard InChI is InChI=1S/C12H16BrNO2/c1-8-3-2-4-9(8)7-14-12(15)10-5-6-16-11(10)13/h5-6,8-9H,2-4,7H2,1H3,(H,14,15). The number of carbonyl (C=O) groups excluding carboxylic acids is 1. The van der Waals surface area contributed by atoms with Crippen LogP contribution in [0.4, 0.5) is 0 Å². The van der Waals surface area contributed by atoms with E-state index in [9.17, 15) is 4.79 Å². The van der Waals surface area contributed by atoms with Crippen LogP contribution in [-0.4, -0.2) is 12.5 Å². The molecule has 88 valence electrons. The van der Waals surface area contributed by atoms with Crippen molar-refractivity contribution >= 4 is 21.8 Å². The molecule has 2 rings (SSSR count). The number of nitrogens with one attached hydrogen (secondary N) is 1. The second-order valence-corrected chi connectivity index (χ2v) is 5.21. The number of rotatable bonds is 3. The van der Waals surface area contributed by atoms with Gasteiger partial charge >= 0.3 is 0 Å². The van der Waals surface area contributed by atoms with Crippen LogP contribution in [0.5, 0.6) is 0 Å². The quantitative estimate of drug-likeness (QED) is 0.927. The van der Waals surface area contributed by atoms with Gasteiger partial charge in [0.15, 0.2) is 4.67 Å². The van der Waals surface area contributed by atoms with E-state index in [0.717, 1.165) is 12.5 Å². The predicted octanol–water partition coefficient (Wildman–Crippen LogP) is 3.21. The zero-order valence-electron chi connectivity index (χ0n) is 9.33. The van der Waals surface area contributed by atoms with Crippen LogP contribution in [0.3, 0.4) is 0 Å². The molecule has 1 aromatic rings. The number of furan rings is 1. The van der Waals surface area contributed by atoms with Crippen LogP contribution in [0, 0.1) is 11.8 Å². The van der Waals surface area contributed by atoms with E-state index in [0.29, 0.717) is 16.2 Å². The number of halogens is 1. The third kappa shape index (κ3) is 2.48. The van der Waals surface area contributed by atoms with Gasteiger partial charge in [-0.05, 0) is 40.3 Å². The normalized spacial score (nSPS) is 24.6. The smallest absolute Gasteiger partial charge is 0.255 e. The fourth-order valence-electron chi connectivity index (χ4n) is 2.30. The number of carbonyl (C=O) groups is 1. The van der Waals surface area contributed by atoms with Crippen LogP contribution in [-0.2, 0) is 0 Å². The first-order chi connectivity index (χ1) is 7.68. The van der Waals surface area contributed by atoms with Crippen LogP contribution < -0.4 is 5.32 Å². The number of amides is 1. The fraction of sp³-hybridized carbons (Fsp3) is 0.583. The van der Waals surface area contributed by atoms with Crippen molar-refractivity contribution in [3.8, 4) is 0 Å². The SMILES string of the molecule is CC1CCCC1CNC(=O)c1ccoc1Br. The second-order valence-electron chi connectivity index (χ2n) is 4.49. The van der Waals surface area contributed by atoms with Crippen molar-refractivity contribution in [3.63, 3.8) is 0 Å². The molecule has 0 aromatic carbocycles. The summed E-state index contributed by atoms with van der Waals surface area (Å²) in [4.78, 5) is 11.8. The van der Waals surface area contributed by atoms with Crippen molar-refractivity contribution in [2.45, 2.75) is 26.2 Å². The van der Waals surface area contributed by atoms with E-state index in [4.69, 9.17) is 4.42 Å². The lowest BCUT2D eigenvalue weighted by Gasteiger charge is -2.15. The predicted molar refractivity (Wildman–Crippen MR) is 65.2 cm³/mol.